The van der Waals surface area contributed by atoms with Crippen molar-refractivity contribution in [3.05, 3.63) is 23.8 Å². The van der Waals surface area contributed by atoms with Crippen LogP contribution in [0.25, 0.3) is 0 Å². The molecule has 0 spiro atoms. The van der Waals surface area contributed by atoms with Gasteiger partial charge in [-0.2, -0.15) is 0 Å². The first-order valence-electron chi connectivity index (χ1n) is 6.37. The Balaban J connectivity index is 3.11. The Hall–Kier alpha value is -1.26. The topological polar surface area (TPSA) is 47.7 Å². The minimum Gasteiger partial charge on any atom is -0.497 e. The highest BCUT2D eigenvalue weighted by Gasteiger charge is 2.20. The number of benzene rings is 1. The van der Waals surface area contributed by atoms with Crippen molar-refractivity contribution >= 4 is 0 Å². The van der Waals surface area contributed by atoms with E-state index in [4.69, 9.17) is 15.2 Å². The van der Waals surface area contributed by atoms with Gasteiger partial charge in [0.1, 0.15) is 11.5 Å². The standard InChI is InChI=1S/C14H24N2O2/c1-5-16(6-2)13(10-15)12-8-7-11(17-3)9-14(12)18-4/h7-9,13H,5-6,10,15H2,1-4H3. The van der Waals surface area contributed by atoms with Gasteiger partial charge in [-0.1, -0.05) is 19.9 Å². The van der Waals surface area contributed by atoms with Gasteiger partial charge in [0.25, 0.3) is 0 Å². The van der Waals surface area contributed by atoms with Gasteiger partial charge in [0, 0.05) is 18.2 Å². The van der Waals surface area contributed by atoms with E-state index < -0.39 is 0 Å². The van der Waals surface area contributed by atoms with Crippen LogP contribution < -0.4 is 15.2 Å². The van der Waals surface area contributed by atoms with Crippen molar-refractivity contribution in [2.24, 2.45) is 5.73 Å². The normalized spacial score (nSPS) is 12.6. The number of methoxy groups -OCH3 is 2. The van der Waals surface area contributed by atoms with E-state index in [1.807, 2.05) is 18.2 Å². The van der Waals surface area contributed by atoms with Crippen LogP contribution in [0.2, 0.25) is 0 Å². The molecule has 0 aliphatic carbocycles. The maximum absolute atomic E-state index is 5.92. The van der Waals surface area contributed by atoms with Gasteiger partial charge in [0.2, 0.25) is 0 Å². The molecule has 1 unspecified atom stereocenters. The van der Waals surface area contributed by atoms with Crippen LogP contribution in [0.3, 0.4) is 0 Å². The molecule has 2 N–H and O–H groups in total. The zero-order valence-corrected chi connectivity index (χ0v) is 11.8. The minimum atomic E-state index is 0.181. The van der Waals surface area contributed by atoms with Crippen molar-refractivity contribution < 1.29 is 9.47 Å². The number of ether oxygens (including phenoxy) is 2. The van der Waals surface area contributed by atoms with Crippen LogP contribution >= 0.6 is 0 Å². The maximum atomic E-state index is 5.92. The molecular weight excluding hydrogens is 228 g/mol. The van der Waals surface area contributed by atoms with Crippen molar-refractivity contribution in [1.29, 1.82) is 0 Å². The molecule has 1 aromatic rings. The van der Waals surface area contributed by atoms with Crippen molar-refractivity contribution in [2.45, 2.75) is 19.9 Å². The van der Waals surface area contributed by atoms with E-state index in [1.54, 1.807) is 14.2 Å². The van der Waals surface area contributed by atoms with Gasteiger partial charge in [0.15, 0.2) is 0 Å². The fourth-order valence-electron chi connectivity index (χ4n) is 2.23. The van der Waals surface area contributed by atoms with E-state index in [1.165, 1.54) is 0 Å². The molecule has 0 saturated heterocycles. The lowest BCUT2D eigenvalue weighted by atomic mass is 10.0. The summed E-state index contributed by atoms with van der Waals surface area (Å²) in [5.41, 5.74) is 7.04. The fourth-order valence-corrected chi connectivity index (χ4v) is 2.23. The Bertz CT molecular complexity index is 365. The first-order valence-corrected chi connectivity index (χ1v) is 6.37. The average Bonchev–Trinajstić information content (AvgIpc) is 2.44. The van der Waals surface area contributed by atoms with Gasteiger partial charge in [-0.05, 0) is 19.2 Å². The van der Waals surface area contributed by atoms with Crippen LogP contribution in [0.15, 0.2) is 18.2 Å². The maximum Gasteiger partial charge on any atom is 0.127 e. The largest absolute Gasteiger partial charge is 0.497 e. The second kappa shape index (κ2) is 7.24. The molecule has 1 atom stereocenters. The van der Waals surface area contributed by atoms with Crippen molar-refractivity contribution in [2.75, 3.05) is 33.9 Å². The summed E-state index contributed by atoms with van der Waals surface area (Å²) in [6.45, 7) is 6.79. The van der Waals surface area contributed by atoms with Gasteiger partial charge >= 0.3 is 0 Å². The molecule has 0 fully saturated rings. The highest BCUT2D eigenvalue weighted by molar-refractivity contribution is 5.42. The third kappa shape index (κ3) is 3.15. The zero-order valence-electron chi connectivity index (χ0n) is 11.8. The summed E-state index contributed by atoms with van der Waals surface area (Å²) in [7, 11) is 3.33. The number of rotatable bonds is 7. The molecule has 4 heteroatoms. The number of hydrogen-bond acceptors (Lipinski definition) is 4. The van der Waals surface area contributed by atoms with Crippen molar-refractivity contribution in [3.8, 4) is 11.5 Å². The molecule has 1 rings (SSSR count). The Morgan fingerprint density at radius 1 is 1.17 bits per heavy atom. The fraction of sp³-hybridized carbons (Fsp3) is 0.571. The molecule has 0 aliphatic rings. The van der Waals surface area contributed by atoms with Crippen molar-refractivity contribution in [1.82, 2.24) is 4.90 Å². The predicted octanol–water partition coefficient (Wildman–Crippen LogP) is 2.05. The third-order valence-corrected chi connectivity index (χ3v) is 3.28. The molecule has 0 heterocycles. The van der Waals surface area contributed by atoms with Gasteiger partial charge in [-0.25, -0.2) is 0 Å². The van der Waals surface area contributed by atoms with Crippen LogP contribution in [0.5, 0.6) is 11.5 Å². The Morgan fingerprint density at radius 2 is 1.83 bits per heavy atom. The highest BCUT2D eigenvalue weighted by atomic mass is 16.5. The molecule has 0 aromatic heterocycles. The lowest BCUT2D eigenvalue weighted by molar-refractivity contribution is 0.219. The molecular formula is C14H24N2O2. The molecule has 102 valence electrons. The highest BCUT2D eigenvalue weighted by Crippen LogP contribution is 2.31. The number of likely N-dealkylation sites (N-methyl/N-ethyl adjacent to an activating group) is 1. The van der Waals surface area contributed by atoms with Crippen LogP contribution in [0.4, 0.5) is 0 Å². The Morgan fingerprint density at radius 3 is 2.28 bits per heavy atom. The minimum absolute atomic E-state index is 0.181. The second-order valence-corrected chi connectivity index (χ2v) is 4.08. The summed E-state index contributed by atoms with van der Waals surface area (Å²) in [5.74, 6) is 1.63. The van der Waals surface area contributed by atoms with Crippen LogP contribution in [-0.2, 0) is 0 Å². The second-order valence-electron chi connectivity index (χ2n) is 4.08. The van der Waals surface area contributed by atoms with E-state index in [2.05, 4.69) is 18.7 Å². The molecule has 0 aliphatic heterocycles. The number of nitrogens with two attached hydrogens (primary N) is 1. The van der Waals surface area contributed by atoms with Gasteiger partial charge in [-0.15, -0.1) is 0 Å². The van der Waals surface area contributed by atoms with Gasteiger partial charge in [-0.3, -0.25) is 4.90 Å². The molecule has 1 aromatic carbocycles. The average molecular weight is 252 g/mol. The summed E-state index contributed by atoms with van der Waals surface area (Å²) in [6, 6.07) is 6.07. The summed E-state index contributed by atoms with van der Waals surface area (Å²) >= 11 is 0. The van der Waals surface area contributed by atoms with Gasteiger partial charge < -0.3 is 15.2 Å². The van der Waals surface area contributed by atoms with E-state index in [0.29, 0.717) is 6.54 Å². The predicted molar refractivity (Wildman–Crippen MR) is 74.3 cm³/mol. The number of hydrogen-bond donors (Lipinski definition) is 1. The smallest absolute Gasteiger partial charge is 0.127 e. The van der Waals surface area contributed by atoms with E-state index in [9.17, 15) is 0 Å². The first-order chi connectivity index (χ1) is 8.71. The molecule has 18 heavy (non-hydrogen) atoms. The van der Waals surface area contributed by atoms with E-state index in [0.717, 1.165) is 30.2 Å². The van der Waals surface area contributed by atoms with Crippen LogP contribution in [-0.4, -0.2) is 38.8 Å². The van der Waals surface area contributed by atoms with Crippen LogP contribution in [0, 0.1) is 0 Å². The molecule has 0 amide bonds. The first kappa shape index (κ1) is 14.8. The molecule has 0 bridgehead atoms. The lowest BCUT2D eigenvalue weighted by Crippen LogP contribution is -2.33. The summed E-state index contributed by atoms with van der Waals surface area (Å²) in [6.07, 6.45) is 0. The number of nitrogens with zero attached hydrogens (tertiary/aromatic N) is 1. The Labute approximate surface area is 110 Å². The molecule has 0 saturated carbocycles. The molecule has 4 nitrogen and oxygen atoms in total. The summed E-state index contributed by atoms with van der Waals surface area (Å²) in [4.78, 5) is 2.32. The van der Waals surface area contributed by atoms with E-state index >= 15 is 0 Å². The Kier molecular flexibility index (Phi) is 5.95. The third-order valence-electron chi connectivity index (χ3n) is 3.28. The SMILES string of the molecule is CCN(CC)C(CN)c1ccc(OC)cc1OC. The van der Waals surface area contributed by atoms with Crippen LogP contribution in [0.1, 0.15) is 25.5 Å². The van der Waals surface area contributed by atoms with Gasteiger partial charge in [0.05, 0.1) is 20.3 Å². The monoisotopic (exact) mass is 252 g/mol. The van der Waals surface area contributed by atoms with Crippen molar-refractivity contribution in [3.63, 3.8) is 0 Å². The summed E-state index contributed by atoms with van der Waals surface area (Å²) < 4.78 is 10.7. The quantitative estimate of drug-likeness (QED) is 0.807. The molecule has 0 radical (unpaired) electrons. The summed E-state index contributed by atoms with van der Waals surface area (Å²) in [5, 5.41) is 0. The lowest BCUT2D eigenvalue weighted by Gasteiger charge is -2.30. The van der Waals surface area contributed by atoms with E-state index in [-0.39, 0.29) is 6.04 Å². The zero-order chi connectivity index (χ0) is 13.5.